The zero-order chi connectivity index (χ0) is 21.4. The molecular weight excluding hydrogens is 400 g/mol. The summed E-state index contributed by atoms with van der Waals surface area (Å²) < 4.78 is 33.5. The summed E-state index contributed by atoms with van der Waals surface area (Å²) in [6, 6.07) is 13.7. The van der Waals surface area contributed by atoms with Crippen LogP contribution in [0.15, 0.2) is 77.7 Å². The minimum atomic E-state index is -3.63. The van der Waals surface area contributed by atoms with Gasteiger partial charge in [0.1, 0.15) is 5.75 Å². The maximum atomic E-state index is 13.1. The lowest BCUT2D eigenvalue weighted by Gasteiger charge is -2.26. The molecule has 0 bridgehead atoms. The van der Waals surface area contributed by atoms with E-state index >= 15 is 0 Å². The molecule has 0 spiro atoms. The van der Waals surface area contributed by atoms with Crippen LogP contribution in [0.4, 0.5) is 5.69 Å². The highest BCUT2D eigenvalue weighted by Gasteiger charge is 2.27. The lowest BCUT2D eigenvalue weighted by atomic mass is 10.2. The molecule has 0 aliphatic carbocycles. The van der Waals surface area contributed by atoms with Crippen LogP contribution in [-0.2, 0) is 14.8 Å². The van der Waals surface area contributed by atoms with Crippen molar-refractivity contribution >= 4 is 21.6 Å². The molecule has 3 rings (SSSR count). The molecule has 0 atom stereocenters. The lowest BCUT2D eigenvalue weighted by molar-refractivity contribution is -0.111. The third kappa shape index (κ3) is 5.58. The number of piperidine rings is 1. The Balaban J connectivity index is 1.93. The second kappa shape index (κ2) is 10.2. The Morgan fingerprint density at radius 3 is 2.47 bits per heavy atom. The van der Waals surface area contributed by atoms with Crippen LogP contribution < -0.4 is 10.1 Å². The maximum absolute atomic E-state index is 13.1. The van der Waals surface area contributed by atoms with Crippen LogP contribution in [0.25, 0.3) is 0 Å². The normalized spacial score (nSPS) is 15.5. The quantitative estimate of drug-likeness (QED) is 0.513. The fourth-order valence-electron chi connectivity index (χ4n) is 3.15. The van der Waals surface area contributed by atoms with Gasteiger partial charge < -0.3 is 10.1 Å². The largest absolute Gasteiger partial charge is 0.455 e. The molecule has 1 amide bonds. The standard InChI is InChI=1S/C23H26N2O4S/c1-2-3-6-13-23(26)24-21-18-20(30(27,28)25-16-9-5-10-17-25)14-15-22(21)29-19-11-7-4-8-12-19/h2-4,6-8,11-15,18H,5,9-10,16-17H2,1H3,(H,24,26)/b3-2+,13-6+. The summed E-state index contributed by atoms with van der Waals surface area (Å²) in [5.41, 5.74) is 0.298. The van der Waals surface area contributed by atoms with Crippen molar-refractivity contribution in [3.63, 3.8) is 0 Å². The molecule has 1 saturated heterocycles. The van der Waals surface area contributed by atoms with E-state index in [9.17, 15) is 13.2 Å². The second-order valence-electron chi connectivity index (χ2n) is 6.91. The minimum absolute atomic E-state index is 0.137. The van der Waals surface area contributed by atoms with E-state index in [1.165, 1.54) is 22.5 Å². The average Bonchev–Trinajstić information content (AvgIpc) is 2.76. The van der Waals surface area contributed by atoms with Gasteiger partial charge in [-0.3, -0.25) is 4.79 Å². The Bertz CT molecular complexity index is 1020. The molecule has 1 heterocycles. The molecule has 30 heavy (non-hydrogen) atoms. The molecule has 2 aromatic carbocycles. The van der Waals surface area contributed by atoms with Crippen molar-refractivity contribution in [2.45, 2.75) is 31.1 Å². The molecule has 2 aromatic rings. The van der Waals surface area contributed by atoms with Gasteiger partial charge in [0.2, 0.25) is 15.9 Å². The molecule has 0 saturated carbocycles. The van der Waals surface area contributed by atoms with Gasteiger partial charge in [0, 0.05) is 19.2 Å². The highest BCUT2D eigenvalue weighted by molar-refractivity contribution is 7.89. The average molecular weight is 427 g/mol. The Morgan fingerprint density at radius 2 is 1.77 bits per heavy atom. The van der Waals surface area contributed by atoms with Crippen LogP contribution in [-0.4, -0.2) is 31.7 Å². The van der Waals surface area contributed by atoms with Crippen LogP contribution in [0.3, 0.4) is 0 Å². The molecule has 1 aliphatic rings. The van der Waals surface area contributed by atoms with Crippen molar-refractivity contribution in [2.75, 3.05) is 18.4 Å². The number of rotatable bonds is 7. The molecule has 1 aliphatic heterocycles. The molecular formula is C23H26N2O4S. The highest BCUT2D eigenvalue weighted by atomic mass is 32.2. The Labute approximate surface area is 177 Å². The van der Waals surface area contributed by atoms with Gasteiger partial charge >= 0.3 is 0 Å². The fraction of sp³-hybridized carbons (Fsp3) is 0.261. The summed E-state index contributed by atoms with van der Waals surface area (Å²) in [4.78, 5) is 12.4. The van der Waals surface area contributed by atoms with Gasteiger partial charge in [0.15, 0.2) is 5.75 Å². The molecule has 7 heteroatoms. The lowest BCUT2D eigenvalue weighted by Crippen LogP contribution is -2.35. The van der Waals surface area contributed by atoms with Crippen molar-refractivity contribution < 1.29 is 17.9 Å². The van der Waals surface area contributed by atoms with E-state index in [1.807, 2.05) is 25.1 Å². The van der Waals surface area contributed by atoms with Crippen LogP contribution in [0.1, 0.15) is 26.2 Å². The predicted molar refractivity (Wildman–Crippen MR) is 118 cm³/mol. The third-order valence-electron chi connectivity index (χ3n) is 4.68. The van der Waals surface area contributed by atoms with Crippen molar-refractivity contribution in [3.8, 4) is 11.5 Å². The van der Waals surface area contributed by atoms with Crippen LogP contribution in [0, 0.1) is 0 Å². The number of hydrogen-bond acceptors (Lipinski definition) is 4. The molecule has 0 radical (unpaired) electrons. The van der Waals surface area contributed by atoms with Crippen molar-refractivity contribution in [1.82, 2.24) is 4.31 Å². The van der Waals surface area contributed by atoms with Gasteiger partial charge in [-0.1, -0.05) is 42.8 Å². The van der Waals surface area contributed by atoms with Crippen molar-refractivity contribution in [3.05, 3.63) is 72.8 Å². The summed E-state index contributed by atoms with van der Waals surface area (Å²) in [6.45, 7) is 2.87. The van der Waals surface area contributed by atoms with Crippen LogP contribution >= 0.6 is 0 Å². The number of para-hydroxylation sites is 1. The number of carbonyl (C=O) groups excluding carboxylic acids is 1. The van der Waals surface area contributed by atoms with E-state index in [-0.39, 0.29) is 10.8 Å². The maximum Gasteiger partial charge on any atom is 0.248 e. The number of carbonyl (C=O) groups is 1. The van der Waals surface area contributed by atoms with E-state index < -0.39 is 10.0 Å². The van der Waals surface area contributed by atoms with E-state index in [4.69, 9.17) is 4.74 Å². The summed E-state index contributed by atoms with van der Waals surface area (Å²) in [6.07, 6.45) is 9.27. The summed E-state index contributed by atoms with van der Waals surface area (Å²) in [5.74, 6) is 0.578. The Kier molecular flexibility index (Phi) is 7.43. The summed E-state index contributed by atoms with van der Waals surface area (Å²) in [7, 11) is -3.63. The Morgan fingerprint density at radius 1 is 1.03 bits per heavy atom. The molecule has 1 N–H and O–H groups in total. The van der Waals surface area contributed by atoms with Gasteiger partial charge in [-0.25, -0.2) is 8.42 Å². The number of ether oxygens (including phenoxy) is 1. The highest BCUT2D eigenvalue weighted by Crippen LogP contribution is 2.33. The van der Waals surface area contributed by atoms with Crippen molar-refractivity contribution in [1.29, 1.82) is 0 Å². The van der Waals surface area contributed by atoms with E-state index in [0.29, 0.717) is 30.3 Å². The number of sulfonamides is 1. The first-order chi connectivity index (χ1) is 14.5. The van der Waals surface area contributed by atoms with Gasteiger partial charge in [-0.2, -0.15) is 4.31 Å². The van der Waals surface area contributed by atoms with E-state index in [2.05, 4.69) is 5.32 Å². The smallest absolute Gasteiger partial charge is 0.248 e. The first kappa shape index (κ1) is 21.8. The van der Waals surface area contributed by atoms with Gasteiger partial charge in [0.25, 0.3) is 0 Å². The predicted octanol–water partition coefficient (Wildman–Crippen LogP) is 4.72. The molecule has 0 unspecified atom stereocenters. The van der Waals surface area contributed by atoms with E-state index in [1.54, 1.807) is 36.4 Å². The zero-order valence-electron chi connectivity index (χ0n) is 17.0. The minimum Gasteiger partial charge on any atom is -0.455 e. The number of nitrogens with one attached hydrogen (secondary N) is 1. The SMILES string of the molecule is C/C=C/C=C/C(=O)Nc1cc(S(=O)(=O)N2CCCCC2)ccc1Oc1ccccc1. The first-order valence-electron chi connectivity index (χ1n) is 9.98. The second-order valence-corrected chi connectivity index (χ2v) is 8.85. The van der Waals surface area contributed by atoms with Gasteiger partial charge in [-0.05, 0) is 50.1 Å². The number of hydrogen-bond donors (Lipinski definition) is 1. The Hall–Kier alpha value is -2.90. The zero-order valence-corrected chi connectivity index (χ0v) is 17.8. The number of allylic oxidation sites excluding steroid dienone is 3. The third-order valence-corrected chi connectivity index (χ3v) is 6.58. The fourth-order valence-corrected chi connectivity index (χ4v) is 4.70. The summed E-state index contributed by atoms with van der Waals surface area (Å²) in [5, 5.41) is 2.74. The first-order valence-corrected chi connectivity index (χ1v) is 11.4. The topological polar surface area (TPSA) is 75.7 Å². The molecule has 158 valence electrons. The number of benzene rings is 2. The number of amides is 1. The number of nitrogens with zero attached hydrogens (tertiary/aromatic N) is 1. The van der Waals surface area contributed by atoms with E-state index in [0.717, 1.165) is 19.3 Å². The van der Waals surface area contributed by atoms with Gasteiger partial charge in [0.05, 0.1) is 10.6 Å². The van der Waals surface area contributed by atoms with Crippen LogP contribution in [0.5, 0.6) is 11.5 Å². The number of anilines is 1. The molecule has 6 nitrogen and oxygen atoms in total. The summed E-state index contributed by atoms with van der Waals surface area (Å²) >= 11 is 0. The monoisotopic (exact) mass is 426 g/mol. The van der Waals surface area contributed by atoms with Crippen LogP contribution in [0.2, 0.25) is 0 Å². The van der Waals surface area contributed by atoms with Gasteiger partial charge in [-0.15, -0.1) is 0 Å². The molecule has 1 fully saturated rings. The van der Waals surface area contributed by atoms with Crippen molar-refractivity contribution in [2.24, 2.45) is 0 Å². The molecule has 0 aromatic heterocycles.